The minimum absolute atomic E-state index is 0.213. The molecule has 0 saturated carbocycles. The highest BCUT2D eigenvalue weighted by atomic mass is 16.6. The molecule has 0 aliphatic carbocycles. The molecule has 6 heteroatoms. The molecule has 0 bridgehead atoms. The molecule has 0 aromatic rings. The molecule has 1 aliphatic rings. The summed E-state index contributed by atoms with van der Waals surface area (Å²) in [6, 6.07) is -0.289. The predicted octanol–water partition coefficient (Wildman–Crippen LogP) is -0.240. The number of aliphatic hydroxyl groups excluding tert-OH is 1. The third-order valence-electron chi connectivity index (χ3n) is 2.05. The van der Waals surface area contributed by atoms with Crippen molar-refractivity contribution in [2.24, 2.45) is 0 Å². The zero-order valence-electron chi connectivity index (χ0n) is 9.74. The van der Waals surface area contributed by atoms with Crippen LogP contribution >= 0.6 is 0 Å². The van der Waals surface area contributed by atoms with Gasteiger partial charge in [0.1, 0.15) is 11.7 Å². The standard InChI is InChI=1S/C10H18N2O4/c1-10(2,3)16-9(15)12-6-4-7(13)8(14)11-5-6/h6-7,13H,4-5H2,1-3H3,(H,11,14)(H,12,15)/t6-,7-/m1/s1. The van der Waals surface area contributed by atoms with Gasteiger partial charge in [-0.1, -0.05) is 0 Å². The Morgan fingerprint density at radius 3 is 2.69 bits per heavy atom. The molecule has 2 atom stereocenters. The third-order valence-corrected chi connectivity index (χ3v) is 2.05. The number of carbonyl (C=O) groups is 2. The molecular weight excluding hydrogens is 212 g/mol. The van der Waals surface area contributed by atoms with Crippen molar-refractivity contribution in [1.82, 2.24) is 10.6 Å². The largest absolute Gasteiger partial charge is 0.444 e. The molecule has 1 heterocycles. The predicted molar refractivity (Wildman–Crippen MR) is 56.8 cm³/mol. The number of ether oxygens (including phenoxy) is 1. The Morgan fingerprint density at radius 1 is 1.56 bits per heavy atom. The smallest absolute Gasteiger partial charge is 0.407 e. The second-order valence-electron chi connectivity index (χ2n) is 4.84. The topological polar surface area (TPSA) is 87.7 Å². The van der Waals surface area contributed by atoms with Gasteiger partial charge in [0.05, 0.1) is 6.04 Å². The lowest BCUT2D eigenvalue weighted by atomic mass is 10.0. The molecular formula is C10H18N2O4. The summed E-state index contributed by atoms with van der Waals surface area (Å²) in [5.74, 6) is -0.401. The molecule has 0 aromatic heterocycles. The van der Waals surface area contributed by atoms with E-state index in [9.17, 15) is 14.7 Å². The van der Waals surface area contributed by atoms with Crippen molar-refractivity contribution in [3.8, 4) is 0 Å². The van der Waals surface area contributed by atoms with Crippen LogP contribution in [0.15, 0.2) is 0 Å². The number of alkyl carbamates (subject to hydrolysis) is 1. The van der Waals surface area contributed by atoms with E-state index in [0.29, 0.717) is 6.54 Å². The van der Waals surface area contributed by atoms with E-state index < -0.39 is 23.7 Å². The van der Waals surface area contributed by atoms with Gasteiger partial charge in [-0.3, -0.25) is 4.79 Å². The van der Waals surface area contributed by atoms with Gasteiger partial charge in [-0.2, -0.15) is 0 Å². The van der Waals surface area contributed by atoms with E-state index in [0.717, 1.165) is 0 Å². The van der Waals surface area contributed by atoms with Crippen LogP contribution in [0, 0.1) is 0 Å². The molecule has 3 N–H and O–H groups in total. The number of hydrogen-bond donors (Lipinski definition) is 3. The zero-order valence-corrected chi connectivity index (χ0v) is 9.74. The van der Waals surface area contributed by atoms with Crippen molar-refractivity contribution in [3.63, 3.8) is 0 Å². The summed E-state index contributed by atoms with van der Waals surface area (Å²) in [4.78, 5) is 22.3. The Bertz CT molecular complexity index is 285. The Balaban J connectivity index is 2.38. The Labute approximate surface area is 94.3 Å². The normalized spacial score (nSPS) is 25.9. The number of aliphatic hydroxyl groups is 1. The molecule has 1 rings (SSSR count). The van der Waals surface area contributed by atoms with Crippen LogP contribution in [-0.4, -0.2) is 41.4 Å². The highest BCUT2D eigenvalue weighted by Crippen LogP contribution is 2.09. The summed E-state index contributed by atoms with van der Waals surface area (Å²) in [6.07, 6.45) is -1.39. The summed E-state index contributed by atoms with van der Waals surface area (Å²) in [5, 5.41) is 14.4. The molecule has 92 valence electrons. The van der Waals surface area contributed by atoms with Crippen LogP contribution in [0.25, 0.3) is 0 Å². The second-order valence-corrected chi connectivity index (χ2v) is 4.84. The maximum Gasteiger partial charge on any atom is 0.407 e. The van der Waals surface area contributed by atoms with E-state index in [1.165, 1.54) is 0 Å². The van der Waals surface area contributed by atoms with Crippen molar-refractivity contribution in [1.29, 1.82) is 0 Å². The maximum atomic E-state index is 11.4. The highest BCUT2D eigenvalue weighted by molar-refractivity contribution is 5.81. The number of hydrogen-bond acceptors (Lipinski definition) is 4. The van der Waals surface area contributed by atoms with Crippen molar-refractivity contribution in [2.45, 2.75) is 44.9 Å². The van der Waals surface area contributed by atoms with E-state index in [1.54, 1.807) is 20.8 Å². The van der Waals surface area contributed by atoms with Gasteiger partial charge < -0.3 is 20.5 Å². The van der Waals surface area contributed by atoms with Crippen molar-refractivity contribution in [3.05, 3.63) is 0 Å². The summed E-state index contributed by atoms with van der Waals surface area (Å²) in [5.41, 5.74) is -0.555. The quantitative estimate of drug-likeness (QED) is 0.580. The number of carbonyl (C=O) groups excluding carboxylic acids is 2. The van der Waals surface area contributed by atoms with Crippen LogP contribution in [0.4, 0.5) is 4.79 Å². The maximum absolute atomic E-state index is 11.4. The van der Waals surface area contributed by atoms with Gasteiger partial charge in [0.2, 0.25) is 5.91 Å². The Hall–Kier alpha value is -1.30. The van der Waals surface area contributed by atoms with Crippen LogP contribution < -0.4 is 10.6 Å². The first-order chi connectivity index (χ1) is 7.28. The van der Waals surface area contributed by atoms with Crippen molar-refractivity contribution >= 4 is 12.0 Å². The van der Waals surface area contributed by atoms with Gasteiger partial charge in [-0.25, -0.2) is 4.79 Å². The second kappa shape index (κ2) is 4.69. The monoisotopic (exact) mass is 230 g/mol. The fraction of sp³-hybridized carbons (Fsp3) is 0.800. The fourth-order valence-corrected chi connectivity index (χ4v) is 1.39. The van der Waals surface area contributed by atoms with Crippen LogP contribution in [0.1, 0.15) is 27.2 Å². The molecule has 1 saturated heterocycles. The van der Waals surface area contributed by atoms with Crippen LogP contribution in [-0.2, 0) is 9.53 Å². The zero-order chi connectivity index (χ0) is 12.3. The first-order valence-electron chi connectivity index (χ1n) is 5.23. The molecule has 6 nitrogen and oxygen atoms in total. The lowest BCUT2D eigenvalue weighted by Gasteiger charge is -2.28. The van der Waals surface area contributed by atoms with Crippen molar-refractivity contribution < 1.29 is 19.4 Å². The van der Waals surface area contributed by atoms with Gasteiger partial charge >= 0.3 is 6.09 Å². The highest BCUT2D eigenvalue weighted by Gasteiger charge is 2.28. The van der Waals surface area contributed by atoms with Crippen molar-refractivity contribution in [2.75, 3.05) is 6.54 Å². The molecule has 1 aliphatic heterocycles. The Morgan fingerprint density at radius 2 is 2.19 bits per heavy atom. The summed E-state index contributed by atoms with van der Waals surface area (Å²) in [6.45, 7) is 5.62. The van der Waals surface area contributed by atoms with E-state index >= 15 is 0 Å². The van der Waals surface area contributed by atoms with Gasteiger partial charge in [0.25, 0.3) is 0 Å². The van der Waals surface area contributed by atoms with Gasteiger partial charge in [0, 0.05) is 13.0 Å². The summed E-state index contributed by atoms with van der Waals surface area (Å²) >= 11 is 0. The first-order valence-corrected chi connectivity index (χ1v) is 5.23. The van der Waals surface area contributed by atoms with E-state index in [-0.39, 0.29) is 12.5 Å². The van der Waals surface area contributed by atoms with Gasteiger partial charge in [-0.15, -0.1) is 0 Å². The summed E-state index contributed by atoms with van der Waals surface area (Å²) < 4.78 is 5.06. The first kappa shape index (κ1) is 12.8. The Kier molecular flexibility index (Phi) is 3.74. The molecule has 0 radical (unpaired) electrons. The molecule has 0 unspecified atom stereocenters. The van der Waals surface area contributed by atoms with Gasteiger partial charge in [0.15, 0.2) is 0 Å². The molecule has 0 aromatic carbocycles. The average molecular weight is 230 g/mol. The minimum Gasteiger partial charge on any atom is -0.444 e. The number of piperidine rings is 1. The number of nitrogens with one attached hydrogen (secondary N) is 2. The van der Waals surface area contributed by atoms with Crippen LogP contribution in [0.2, 0.25) is 0 Å². The summed E-state index contributed by atoms with van der Waals surface area (Å²) in [7, 11) is 0. The minimum atomic E-state index is -1.06. The SMILES string of the molecule is CC(C)(C)OC(=O)N[C@H]1CNC(=O)[C@H](O)C1. The lowest BCUT2D eigenvalue weighted by Crippen LogP contribution is -2.54. The lowest BCUT2D eigenvalue weighted by molar-refractivity contribution is -0.132. The van der Waals surface area contributed by atoms with E-state index in [4.69, 9.17) is 4.74 Å². The van der Waals surface area contributed by atoms with Crippen LogP contribution in [0.5, 0.6) is 0 Å². The van der Waals surface area contributed by atoms with Gasteiger partial charge in [-0.05, 0) is 20.8 Å². The van der Waals surface area contributed by atoms with Crippen LogP contribution in [0.3, 0.4) is 0 Å². The average Bonchev–Trinajstić information content (AvgIpc) is 2.08. The number of rotatable bonds is 1. The fourth-order valence-electron chi connectivity index (χ4n) is 1.39. The third kappa shape index (κ3) is 4.06. The number of amides is 2. The van der Waals surface area contributed by atoms with E-state index in [1.807, 2.05) is 0 Å². The molecule has 0 spiro atoms. The molecule has 2 amide bonds. The molecule has 16 heavy (non-hydrogen) atoms. The molecule has 1 fully saturated rings. The van der Waals surface area contributed by atoms with E-state index in [2.05, 4.69) is 10.6 Å².